The van der Waals surface area contributed by atoms with Crippen molar-refractivity contribution in [2.45, 2.75) is 38.8 Å². The highest BCUT2D eigenvalue weighted by Gasteiger charge is 2.39. The third-order valence-electron chi connectivity index (χ3n) is 4.84. The van der Waals surface area contributed by atoms with Gasteiger partial charge in [-0.1, -0.05) is 0 Å². The van der Waals surface area contributed by atoms with Crippen molar-refractivity contribution < 1.29 is 9.53 Å². The van der Waals surface area contributed by atoms with E-state index in [2.05, 4.69) is 20.7 Å². The van der Waals surface area contributed by atoms with Crippen molar-refractivity contribution in [1.29, 1.82) is 0 Å². The molecule has 1 amide bonds. The number of ether oxygens (including phenoxy) is 1. The molecule has 0 radical (unpaired) electrons. The number of rotatable bonds is 4. The minimum atomic E-state index is -0.771. The van der Waals surface area contributed by atoms with Gasteiger partial charge in [0.25, 0.3) is 11.5 Å². The number of aryl methyl sites for hydroxylation is 2. The predicted molar refractivity (Wildman–Crippen MR) is 103 cm³/mol. The van der Waals surface area contributed by atoms with Crippen molar-refractivity contribution in [3.8, 4) is 0 Å². The van der Waals surface area contributed by atoms with Crippen LogP contribution in [0.3, 0.4) is 0 Å². The van der Waals surface area contributed by atoms with E-state index in [0.717, 1.165) is 30.0 Å². The Morgan fingerprint density at radius 3 is 2.62 bits per heavy atom. The second kappa shape index (κ2) is 8.85. The number of fused-ring (bicyclic) bond motifs is 1. The lowest BCUT2D eigenvalue weighted by molar-refractivity contribution is -0.146. The molecule has 10 heteroatoms. The molecule has 1 aliphatic rings. The van der Waals surface area contributed by atoms with E-state index in [1.807, 2.05) is 13.8 Å². The number of aromatic amines is 1. The number of methoxy groups -OCH3 is 1. The fourth-order valence-corrected chi connectivity index (χ4v) is 3.30. The molecule has 0 unspecified atom stereocenters. The second-order valence-electron chi connectivity index (χ2n) is 6.21. The number of piperidine rings is 1. The van der Waals surface area contributed by atoms with Crippen LogP contribution in [0.5, 0.6) is 0 Å². The fraction of sp³-hybridized carbons (Fsp3) is 0.562. The molecule has 2 aromatic rings. The third kappa shape index (κ3) is 4.03. The lowest BCUT2D eigenvalue weighted by atomic mass is 9.91. The summed E-state index contributed by atoms with van der Waals surface area (Å²) in [5, 5.41) is 8.93. The summed E-state index contributed by atoms with van der Waals surface area (Å²) in [6.45, 7) is 5.64. The molecule has 0 spiro atoms. The molecule has 1 saturated heterocycles. The van der Waals surface area contributed by atoms with Gasteiger partial charge >= 0.3 is 0 Å². The van der Waals surface area contributed by atoms with Crippen molar-refractivity contribution in [2.24, 2.45) is 0 Å². The summed E-state index contributed by atoms with van der Waals surface area (Å²) in [6.07, 6.45) is 1.30. The first-order valence-electron chi connectivity index (χ1n) is 8.09. The summed E-state index contributed by atoms with van der Waals surface area (Å²) < 4.78 is 7.19. The topological polar surface area (TPSA) is 101 Å². The van der Waals surface area contributed by atoms with Crippen LogP contribution >= 0.6 is 24.8 Å². The van der Waals surface area contributed by atoms with Gasteiger partial charge in [-0.25, -0.2) is 9.50 Å². The van der Waals surface area contributed by atoms with Crippen LogP contribution in [-0.2, 0) is 16.1 Å². The lowest BCUT2D eigenvalue weighted by Crippen LogP contribution is -2.54. The number of hydrogen-bond acceptors (Lipinski definition) is 5. The van der Waals surface area contributed by atoms with Gasteiger partial charge in [0.2, 0.25) is 0 Å². The SMILES string of the molecule is COC1(C(=O)NCc2c(C)nc3cc(=O)[nH]n3c2C)CCNCC1.Cl.Cl. The molecule has 0 bridgehead atoms. The Morgan fingerprint density at radius 2 is 2.00 bits per heavy atom. The molecule has 3 rings (SSSR count). The molecular weight excluding hydrogens is 381 g/mol. The zero-order chi connectivity index (χ0) is 17.3. The van der Waals surface area contributed by atoms with Gasteiger partial charge in [-0.2, -0.15) is 0 Å². The average Bonchev–Trinajstić information content (AvgIpc) is 2.95. The molecule has 8 nitrogen and oxygen atoms in total. The first-order chi connectivity index (χ1) is 11.5. The lowest BCUT2D eigenvalue weighted by Gasteiger charge is -2.34. The van der Waals surface area contributed by atoms with Crippen LogP contribution < -0.4 is 16.2 Å². The molecule has 1 aliphatic heterocycles. The van der Waals surface area contributed by atoms with Gasteiger partial charge in [0, 0.05) is 36.7 Å². The van der Waals surface area contributed by atoms with E-state index in [0.29, 0.717) is 25.0 Å². The number of carbonyl (C=O) groups is 1. The molecule has 26 heavy (non-hydrogen) atoms. The summed E-state index contributed by atoms with van der Waals surface area (Å²) in [6, 6.07) is 1.46. The number of halogens is 2. The van der Waals surface area contributed by atoms with Crippen LogP contribution in [0, 0.1) is 13.8 Å². The Hall–Kier alpha value is -1.61. The second-order valence-corrected chi connectivity index (χ2v) is 6.21. The molecule has 146 valence electrons. The highest BCUT2D eigenvalue weighted by Crippen LogP contribution is 2.23. The van der Waals surface area contributed by atoms with Gasteiger partial charge < -0.3 is 15.4 Å². The van der Waals surface area contributed by atoms with E-state index < -0.39 is 5.60 Å². The van der Waals surface area contributed by atoms with Gasteiger partial charge in [0.05, 0.1) is 0 Å². The number of amides is 1. The van der Waals surface area contributed by atoms with Crippen molar-refractivity contribution in [1.82, 2.24) is 25.2 Å². The molecule has 1 fully saturated rings. The number of carbonyl (C=O) groups excluding carboxylic acids is 1. The number of H-pyrrole nitrogens is 1. The van der Waals surface area contributed by atoms with Gasteiger partial charge in [0.1, 0.15) is 5.60 Å². The smallest absolute Gasteiger partial charge is 0.266 e. The number of nitrogens with one attached hydrogen (secondary N) is 3. The molecule has 0 aliphatic carbocycles. The summed E-state index contributed by atoms with van der Waals surface area (Å²) in [7, 11) is 1.58. The highest BCUT2D eigenvalue weighted by atomic mass is 35.5. The van der Waals surface area contributed by atoms with Crippen molar-refractivity contribution in [2.75, 3.05) is 20.2 Å². The van der Waals surface area contributed by atoms with Crippen LogP contribution in [-0.4, -0.2) is 46.3 Å². The summed E-state index contributed by atoms with van der Waals surface area (Å²) in [5.74, 6) is -0.105. The normalized spacial score (nSPS) is 15.8. The van der Waals surface area contributed by atoms with Crippen molar-refractivity contribution in [3.63, 3.8) is 0 Å². The molecular formula is C16H25Cl2N5O3. The molecule has 3 N–H and O–H groups in total. The van der Waals surface area contributed by atoms with Crippen molar-refractivity contribution in [3.05, 3.63) is 33.4 Å². The Bertz CT molecular complexity index is 827. The zero-order valence-electron chi connectivity index (χ0n) is 15.0. The fourth-order valence-electron chi connectivity index (χ4n) is 3.30. The van der Waals surface area contributed by atoms with Crippen LogP contribution in [0.4, 0.5) is 0 Å². The third-order valence-corrected chi connectivity index (χ3v) is 4.84. The molecule has 0 aromatic carbocycles. The number of nitrogens with zero attached hydrogens (tertiary/aromatic N) is 2. The van der Waals surface area contributed by atoms with Gasteiger partial charge in [-0.3, -0.25) is 14.7 Å². The highest BCUT2D eigenvalue weighted by molar-refractivity contribution is 5.86. The molecule has 0 saturated carbocycles. The Balaban J connectivity index is 0.00000169. The van der Waals surface area contributed by atoms with Crippen LogP contribution in [0.2, 0.25) is 0 Å². The van der Waals surface area contributed by atoms with Gasteiger partial charge in [0.15, 0.2) is 5.65 Å². The van der Waals surface area contributed by atoms with Gasteiger partial charge in [-0.05, 0) is 39.8 Å². The molecule has 2 aromatic heterocycles. The Morgan fingerprint density at radius 1 is 1.35 bits per heavy atom. The maximum absolute atomic E-state index is 12.7. The molecule has 3 heterocycles. The number of aromatic nitrogens is 3. The monoisotopic (exact) mass is 405 g/mol. The van der Waals surface area contributed by atoms with Crippen LogP contribution in [0.25, 0.3) is 5.65 Å². The summed E-state index contributed by atoms with van der Waals surface area (Å²) in [5.41, 5.74) is 2.16. The largest absolute Gasteiger partial charge is 0.368 e. The van der Waals surface area contributed by atoms with Gasteiger partial charge in [-0.15, -0.1) is 24.8 Å². The average molecular weight is 406 g/mol. The van der Waals surface area contributed by atoms with Crippen LogP contribution in [0.15, 0.2) is 10.9 Å². The number of hydrogen-bond donors (Lipinski definition) is 3. The summed E-state index contributed by atoms with van der Waals surface area (Å²) >= 11 is 0. The quantitative estimate of drug-likeness (QED) is 0.700. The minimum Gasteiger partial charge on any atom is -0.368 e. The minimum absolute atomic E-state index is 0. The van der Waals surface area contributed by atoms with E-state index in [1.165, 1.54) is 6.07 Å². The van der Waals surface area contributed by atoms with Crippen LogP contribution in [0.1, 0.15) is 29.8 Å². The predicted octanol–water partition coefficient (Wildman–Crippen LogP) is 0.868. The van der Waals surface area contributed by atoms with E-state index in [1.54, 1.807) is 11.6 Å². The zero-order valence-corrected chi connectivity index (χ0v) is 16.7. The summed E-state index contributed by atoms with van der Waals surface area (Å²) in [4.78, 5) is 28.6. The Kier molecular flexibility index (Phi) is 7.64. The molecule has 0 atom stereocenters. The standard InChI is InChI=1S/C16H23N5O3.2ClH/c1-10-12(11(2)21-13(19-10)8-14(22)20-21)9-18-15(23)16(24-3)4-6-17-7-5-16;;/h8,17H,4-7,9H2,1-3H3,(H,18,23)(H,20,22);2*1H. The van der Waals surface area contributed by atoms with E-state index in [4.69, 9.17) is 4.74 Å². The maximum atomic E-state index is 12.7. The maximum Gasteiger partial charge on any atom is 0.266 e. The van der Waals surface area contributed by atoms with E-state index >= 15 is 0 Å². The first-order valence-corrected chi connectivity index (χ1v) is 8.09. The van der Waals surface area contributed by atoms with E-state index in [-0.39, 0.29) is 36.3 Å². The van der Waals surface area contributed by atoms with Crippen molar-refractivity contribution >= 4 is 36.4 Å². The Labute approximate surface area is 163 Å². The first kappa shape index (κ1) is 22.4. The van der Waals surface area contributed by atoms with E-state index in [9.17, 15) is 9.59 Å².